The summed E-state index contributed by atoms with van der Waals surface area (Å²) < 4.78 is 3.98. The third kappa shape index (κ3) is 4.21. The van der Waals surface area contributed by atoms with Gasteiger partial charge in [-0.05, 0) is 54.2 Å². The van der Waals surface area contributed by atoms with Gasteiger partial charge in [-0.2, -0.15) is 0 Å². The topological polar surface area (TPSA) is 89.1 Å². The molecule has 0 spiro atoms. The number of rotatable bonds is 6. The van der Waals surface area contributed by atoms with Crippen molar-refractivity contribution in [1.29, 1.82) is 0 Å². The van der Waals surface area contributed by atoms with Crippen LogP contribution in [-0.4, -0.2) is 47.1 Å². The minimum atomic E-state index is -0.813. The lowest BCUT2D eigenvalue weighted by Gasteiger charge is -2.23. The number of aryl methyl sites for hydroxylation is 4. The molecule has 0 saturated carbocycles. The van der Waals surface area contributed by atoms with Gasteiger partial charge in [-0.15, -0.1) is 5.10 Å². The van der Waals surface area contributed by atoms with Crippen molar-refractivity contribution in [2.75, 3.05) is 6.54 Å². The summed E-state index contributed by atoms with van der Waals surface area (Å²) in [7, 11) is 1.87. The molecule has 1 unspecified atom stereocenters. The number of benzene rings is 2. The molecule has 1 N–H and O–H groups in total. The number of hydrogen-bond acceptors (Lipinski definition) is 5. The first-order valence-corrected chi connectivity index (χ1v) is 11.7. The van der Waals surface area contributed by atoms with E-state index in [0.717, 1.165) is 60.3 Å². The van der Waals surface area contributed by atoms with Crippen LogP contribution in [0.5, 0.6) is 0 Å². The molecule has 8 nitrogen and oxygen atoms in total. The van der Waals surface area contributed by atoms with Crippen LogP contribution in [0.3, 0.4) is 0 Å². The van der Waals surface area contributed by atoms with Crippen molar-refractivity contribution in [1.82, 2.24) is 29.4 Å². The summed E-state index contributed by atoms with van der Waals surface area (Å²) in [5.74, 6) is -1.07. The number of fused-ring (bicyclic) bond motifs is 2. The Morgan fingerprint density at radius 3 is 2.85 bits per heavy atom. The number of carboxylic acid groups (broad SMARTS) is 1. The summed E-state index contributed by atoms with van der Waals surface area (Å²) in [5, 5.41) is 18.2. The molecule has 4 aromatic rings. The maximum Gasteiger partial charge on any atom is 0.304 e. The van der Waals surface area contributed by atoms with E-state index in [1.165, 1.54) is 16.8 Å². The van der Waals surface area contributed by atoms with E-state index in [2.05, 4.69) is 49.9 Å². The van der Waals surface area contributed by atoms with E-state index in [0.29, 0.717) is 0 Å². The Morgan fingerprint density at radius 2 is 2.03 bits per heavy atom. The molecule has 5 rings (SSSR count). The Kier molecular flexibility index (Phi) is 5.91. The van der Waals surface area contributed by atoms with E-state index in [4.69, 9.17) is 0 Å². The predicted octanol–water partition coefficient (Wildman–Crippen LogP) is 3.79. The second-order valence-electron chi connectivity index (χ2n) is 9.34. The molecule has 0 bridgehead atoms. The third-order valence-electron chi connectivity index (χ3n) is 7.06. The van der Waals surface area contributed by atoms with Crippen molar-refractivity contribution in [2.24, 2.45) is 7.05 Å². The number of nitrogens with zero attached hydrogens (tertiary/aromatic N) is 6. The summed E-state index contributed by atoms with van der Waals surface area (Å²) in [6.07, 6.45) is 4.98. The summed E-state index contributed by atoms with van der Waals surface area (Å²) in [6, 6.07) is 10.4. The van der Waals surface area contributed by atoms with E-state index in [9.17, 15) is 9.90 Å². The van der Waals surface area contributed by atoms with Gasteiger partial charge in [-0.3, -0.25) is 9.69 Å². The Bertz CT molecular complexity index is 1350. The van der Waals surface area contributed by atoms with Crippen molar-refractivity contribution in [2.45, 2.75) is 52.2 Å². The van der Waals surface area contributed by atoms with Gasteiger partial charge in [0, 0.05) is 45.3 Å². The molecule has 176 valence electrons. The molecular weight excluding hydrogens is 428 g/mol. The van der Waals surface area contributed by atoms with Gasteiger partial charge in [0.25, 0.3) is 0 Å². The summed E-state index contributed by atoms with van der Waals surface area (Å²) >= 11 is 0. The summed E-state index contributed by atoms with van der Waals surface area (Å²) in [4.78, 5) is 18.6. The maximum absolute atomic E-state index is 11.9. The number of aliphatic carboxylic acids is 1. The second-order valence-corrected chi connectivity index (χ2v) is 9.34. The first-order chi connectivity index (χ1) is 16.4. The molecule has 1 aliphatic rings. The van der Waals surface area contributed by atoms with Crippen LogP contribution >= 0.6 is 0 Å². The van der Waals surface area contributed by atoms with Crippen LogP contribution in [0, 0.1) is 13.8 Å². The van der Waals surface area contributed by atoms with Crippen LogP contribution in [0.15, 0.2) is 42.9 Å². The molecular formula is C26H30N6O2. The van der Waals surface area contributed by atoms with E-state index < -0.39 is 5.97 Å². The van der Waals surface area contributed by atoms with E-state index >= 15 is 0 Å². The fourth-order valence-electron chi connectivity index (χ4n) is 5.12. The average molecular weight is 459 g/mol. The van der Waals surface area contributed by atoms with Gasteiger partial charge in [-0.25, -0.2) is 9.67 Å². The molecule has 34 heavy (non-hydrogen) atoms. The van der Waals surface area contributed by atoms with Crippen LogP contribution in [0.25, 0.3) is 11.0 Å². The number of carboxylic acids is 1. The van der Waals surface area contributed by atoms with Crippen LogP contribution in [-0.2, 0) is 31.5 Å². The molecule has 0 radical (unpaired) electrons. The van der Waals surface area contributed by atoms with Gasteiger partial charge in [0.2, 0.25) is 0 Å². The average Bonchev–Trinajstić information content (AvgIpc) is 3.35. The number of aromatic nitrogens is 5. The Hall–Kier alpha value is -3.52. The van der Waals surface area contributed by atoms with Crippen molar-refractivity contribution in [3.8, 4) is 0 Å². The molecule has 0 amide bonds. The molecule has 0 saturated heterocycles. The summed E-state index contributed by atoms with van der Waals surface area (Å²) in [6.45, 7) is 7.85. The number of hydrogen-bond donors (Lipinski definition) is 1. The van der Waals surface area contributed by atoms with Gasteiger partial charge < -0.3 is 9.67 Å². The van der Waals surface area contributed by atoms with E-state index in [1.54, 1.807) is 4.68 Å². The number of imidazole rings is 1. The Labute approximate surface area is 198 Å². The van der Waals surface area contributed by atoms with Crippen molar-refractivity contribution >= 4 is 17.0 Å². The van der Waals surface area contributed by atoms with Crippen LogP contribution in [0.1, 0.15) is 52.3 Å². The molecule has 1 atom stereocenters. The van der Waals surface area contributed by atoms with E-state index in [-0.39, 0.29) is 12.3 Å². The van der Waals surface area contributed by atoms with Crippen LogP contribution in [0.4, 0.5) is 0 Å². The third-order valence-corrected chi connectivity index (χ3v) is 7.06. The second kappa shape index (κ2) is 9.02. The van der Waals surface area contributed by atoms with Gasteiger partial charge in [0.05, 0.1) is 24.0 Å². The zero-order valence-electron chi connectivity index (χ0n) is 19.9. The maximum atomic E-state index is 11.9. The van der Waals surface area contributed by atoms with Crippen molar-refractivity contribution in [3.05, 3.63) is 76.4 Å². The lowest BCUT2D eigenvalue weighted by atomic mass is 9.84. The highest BCUT2D eigenvalue weighted by Gasteiger charge is 2.23. The van der Waals surface area contributed by atoms with Gasteiger partial charge in [-0.1, -0.05) is 29.5 Å². The molecule has 8 heteroatoms. The normalized spacial score (nSPS) is 15.3. The zero-order chi connectivity index (χ0) is 23.8. The van der Waals surface area contributed by atoms with Crippen molar-refractivity contribution in [3.63, 3.8) is 0 Å². The number of carbonyl (C=O) groups is 1. The molecule has 2 aromatic heterocycles. The SMILES string of the molecule is Cc1ccc(C(CC(=O)O)c2ccc3c(nnn3C)c2C)cc1CN1CCCn2cncc2C1. The smallest absolute Gasteiger partial charge is 0.304 e. The fourth-order valence-corrected chi connectivity index (χ4v) is 5.12. The quantitative estimate of drug-likeness (QED) is 0.473. The minimum Gasteiger partial charge on any atom is -0.481 e. The standard InChI is InChI=1S/C26H30N6O2/c1-17-5-6-19(11-20(17)14-31-9-4-10-32-16-27-13-21(32)15-31)23(12-25(33)34)22-7-8-24-26(18(22)2)28-29-30(24)3/h5-8,11,13,16,23H,4,9-10,12,14-15H2,1-3H3,(H,33,34). The summed E-state index contributed by atoms with van der Waals surface area (Å²) in [5.41, 5.74) is 8.46. The highest BCUT2D eigenvalue weighted by atomic mass is 16.4. The Morgan fingerprint density at radius 1 is 1.18 bits per heavy atom. The lowest BCUT2D eigenvalue weighted by Crippen LogP contribution is -2.23. The lowest BCUT2D eigenvalue weighted by molar-refractivity contribution is -0.137. The first kappa shape index (κ1) is 22.3. The molecule has 2 aromatic carbocycles. The minimum absolute atomic E-state index is 0.0258. The highest BCUT2D eigenvalue weighted by Crippen LogP contribution is 2.34. The van der Waals surface area contributed by atoms with E-state index in [1.807, 2.05) is 38.6 Å². The first-order valence-electron chi connectivity index (χ1n) is 11.7. The monoisotopic (exact) mass is 458 g/mol. The van der Waals surface area contributed by atoms with Crippen molar-refractivity contribution < 1.29 is 9.90 Å². The molecule has 0 fully saturated rings. The van der Waals surface area contributed by atoms with Gasteiger partial charge >= 0.3 is 5.97 Å². The predicted molar refractivity (Wildman–Crippen MR) is 129 cm³/mol. The van der Waals surface area contributed by atoms with Crippen LogP contribution in [0.2, 0.25) is 0 Å². The molecule has 0 aliphatic carbocycles. The van der Waals surface area contributed by atoms with Gasteiger partial charge in [0.15, 0.2) is 0 Å². The van der Waals surface area contributed by atoms with Gasteiger partial charge in [0.1, 0.15) is 5.52 Å². The highest BCUT2D eigenvalue weighted by molar-refractivity contribution is 5.80. The van der Waals surface area contributed by atoms with Crippen LogP contribution < -0.4 is 0 Å². The Balaban J connectivity index is 1.49. The largest absolute Gasteiger partial charge is 0.481 e. The fraction of sp³-hybridized carbons (Fsp3) is 0.385. The molecule has 1 aliphatic heterocycles. The zero-order valence-corrected chi connectivity index (χ0v) is 19.9. The molecule has 3 heterocycles.